The first kappa shape index (κ1) is 10.5. The predicted octanol–water partition coefficient (Wildman–Crippen LogP) is 0.570. The molecule has 0 radical (unpaired) electrons. The number of rotatable bonds is 2. The third kappa shape index (κ3) is 3.32. The van der Waals surface area contributed by atoms with Gasteiger partial charge < -0.3 is 9.84 Å². The zero-order chi connectivity index (χ0) is 10.1. The van der Waals surface area contributed by atoms with Crippen molar-refractivity contribution in [2.45, 2.75) is 32.5 Å². The van der Waals surface area contributed by atoms with E-state index in [1.54, 1.807) is 0 Å². The summed E-state index contributed by atoms with van der Waals surface area (Å²) >= 11 is 0. The van der Waals surface area contributed by atoms with E-state index in [4.69, 9.17) is 9.84 Å². The second kappa shape index (κ2) is 3.64. The molecule has 0 amide bonds. The lowest BCUT2D eigenvalue weighted by Crippen LogP contribution is -2.53. The van der Waals surface area contributed by atoms with Gasteiger partial charge in [0, 0.05) is 13.1 Å². The fourth-order valence-corrected chi connectivity index (χ4v) is 1.90. The van der Waals surface area contributed by atoms with E-state index in [9.17, 15) is 4.79 Å². The van der Waals surface area contributed by atoms with Crippen molar-refractivity contribution in [3.63, 3.8) is 0 Å². The normalized spacial score (nSPS) is 28.7. The van der Waals surface area contributed by atoms with Crippen LogP contribution in [0, 0.1) is 0 Å². The van der Waals surface area contributed by atoms with Crippen LogP contribution in [0.4, 0.5) is 0 Å². The van der Waals surface area contributed by atoms with Crippen LogP contribution in [-0.2, 0) is 9.53 Å². The molecule has 0 saturated carbocycles. The molecule has 13 heavy (non-hydrogen) atoms. The lowest BCUT2D eigenvalue weighted by molar-refractivity contribution is -0.149. The first-order chi connectivity index (χ1) is 5.89. The summed E-state index contributed by atoms with van der Waals surface area (Å²) in [5.74, 6) is -0.773. The number of nitrogens with zero attached hydrogens (tertiary/aromatic N) is 1. The van der Waals surface area contributed by atoms with Crippen molar-refractivity contribution in [3.05, 3.63) is 0 Å². The highest BCUT2D eigenvalue weighted by Gasteiger charge is 2.31. The highest BCUT2D eigenvalue weighted by molar-refractivity contribution is 5.69. The third-order valence-electron chi connectivity index (χ3n) is 2.00. The topological polar surface area (TPSA) is 49.8 Å². The maximum atomic E-state index is 10.5. The SMILES string of the molecule is CC1CN(CC(=O)O)CC(C)(C)O1. The first-order valence-corrected chi connectivity index (χ1v) is 4.51. The molecule has 0 aromatic carbocycles. The molecule has 0 bridgehead atoms. The maximum absolute atomic E-state index is 10.5. The van der Waals surface area contributed by atoms with E-state index in [0.29, 0.717) is 13.1 Å². The van der Waals surface area contributed by atoms with E-state index >= 15 is 0 Å². The van der Waals surface area contributed by atoms with Gasteiger partial charge in [0.05, 0.1) is 18.2 Å². The Balaban J connectivity index is 2.52. The van der Waals surface area contributed by atoms with Crippen LogP contribution in [0.1, 0.15) is 20.8 Å². The molecular formula is C9H17NO3. The molecule has 76 valence electrons. The molecule has 0 spiro atoms. The predicted molar refractivity (Wildman–Crippen MR) is 48.7 cm³/mol. The Morgan fingerprint density at radius 2 is 2.31 bits per heavy atom. The highest BCUT2D eigenvalue weighted by atomic mass is 16.5. The Labute approximate surface area is 78.5 Å². The van der Waals surface area contributed by atoms with Crippen LogP contribution in [0.15, 0.2) is 0 Å². The monoisotopic (exact) mass is 187 g/mol. The van der Waals surface area contributed by atoms with E-state index in [0.717, 1.165) is 0 Å². The van der Waals surface area contributed by atoms with Crippen LogP contribution >= 0.6 is 0 Å². The molecule has 1 saturated heterocycles. The Morgan fingerprint density at radius 1 is 1.69 bits per heavy atom. The van der Waals surface area contributed by atoms with Crippen LogP contribution in [0.3, 0.4) is 0 Å². The number of morpholine rings is 1. The third-order valence-corrected chi connectivity index (χ3v) is 2.00. The standard InChI is InChI=1S/C9H17NO3/c1-7-4-10(5-8(11)12)6-9(2,3)13-7/h7H,4-6H2,1-3H3,(H,11,12). The first-order valence-electron chi connectivity index (χ1n) is 4.51. The van der Waals surface area contributed by atoms with Crippen molar-refractivity contribution in [2.24, 2.45) is 0 Å². The van der Waals surface area contributed by atoms with Crippen LogP contribution < -0.4 is 0 Å². The molecule has 1 atom stereocenters. The summed E-state index contributed by atoms with van der Waals surface area (Å²) in [6, 6.07) is 0. The summed E-state index contributed by atoms with van der Waals surface area (Å²) < 4.78 is 5.65. The molecule has 0 aromatic heterocycles. The molecule has 1 heterocycles. The molecule has 1 N–H and O–H groups in total. The maximum Gasteiger partial charge on any atom is 0.317 e. The minimum atomic E-state index is -0.773. The summed E-state index contributed by atoms with van der Waals surface area (Å²) in [6.07, 6.45) is 0.114. The van der Waals surface area contributed by atoms with Crippen molar-refractivity contribution in [1.29, 1.82) is 0 Å². The fraction of sp³-hybridized carbons (Fsp3) is 0.889. The molecule has 1 fully saturated rings. The van der Waals surface area contributed by atoms with Crippen molar-refractivity contribution in [1.82, 2.24) is 4.90 Å². The Morgan fingerprint density at radius 3 is 2.77 bits per heavy atom. The number of carbonyl (C=O) groups is 1. The molecular weight excluding hydrogens is 170 g/mol. The van der Waals surface area contributed by atoms with Crippen LogP contribution in [0.5, 0.6) is 0 Å². The van der Waals surface area contributed by atoms with Gasteiger partial charge in [-0.15, -0.1) is 0 Å². The summed E-state index contributed by atoms with van der Waals surface area (Å²) in [5, 5.41) is 8.64. The van der Waals surface area contributed by atoms with Gasteiger partial charge in [-0.1, -0.05) is 0 Å². The van der Waals surface area contributed by atoms with E-state index in [1.807, 2.05) is 25.7 Å². The minimum Gasteiger partial charge on any atom is -0.480 e. The zero-order valence-electron chi connectivity index (χ0n) is 8.41. The molecule has 1 aliphatic heterocycles. The molecule has 1 rings (SSSR count). The minimum absolute atomic E-state index is 0.108. The Kier molecular flexibility index (Phi) is 2.93. The van der Waals surface area contributed by atoms with Crippen molar-refractivity contribution in [2.75, 3.05) is 19.6 Å². The van der Waals surface area contributed by atoms with Crippen LogP contribution in [0.25, 0.3) is 0 Å². The average Bonchev–Trinajstić information content (AvgIpc) is 1.78. The summed E-state index contributed by atoms with van der Waals surface area (Å²) in [5.41, 5.74) is -0.229. The van der Waals surface area contributed by atoms with E-state index < -0.39 is 5.97 Å². The van der Waals surface area contributed by atoms with Crippen LogP contribution in [-0.4, -0.2) is 47.3 Å². The van der Waals surface area contributed by atoms with Gasteiger partial charge in [-0.25, -0.2) is 0 Å². The fourth-order valence-electron chi connectivity index (χ4n) is 1.90. The van der Waals surface area contributed by atoms with Crippen LogP contribution in [0.2, 0.25) is 0 Å². The smallest absolute Gasteiger partial charge is 0.317 e. The van der Waals surface area contributed by atoms with Gasteiger partial charge in [0.2, 0.25) is 0 Å². The van der Waals surface area contributed by atoms with Gasteiger partial charge in [0.1, 0.15) is 0 Å². The lowest BCUT2D eigenvalue weighted by Gasteiger charge is -2.41. The van der Waals surface area contributed by atoms with Crippen molar-refractivity contribution in [3.8, 4) is 0 Å². The quantitative estimate of drug-likeness (QED) is 0.686. The largest absolute Gasteiger partial charge is 0.480 e. The number of carboxylic acid groups (broad SMARTS) is 1. The Hall–Kier alpha value is -0.610. The number of hydrogen-bond acceptors (Lipinski definition) is 3. The van der Waals surface area contributed by atoms with Gasteiger partial charge in [-0.2, -0.15) is 0 Å². The van der Waals surface area contributed by atoms with Gasteiger partial charge in [-0.05, 0) is 20.8 Å². The number of hydrogen-bond donors (Lipinski definition) is 1. The molecule has 0 aliphatic carbocycles. The number of aliphatic carboxylic acids is 1. The van der Waals surface area contributed by atoms with Crippen molar-refractivity contribution >= 4 is 5.97 Å². The molecule has 1 aliphatic rings. The Bertz CT molecular complexity index is 203. The number of ether oxygens (including phenoxy) is 1. The molecule has 4 nitrogen and oxygen atoms in total. The molecule has 1 unspecified atom stereocenters. The second-order valence-corrected chi connectivity index (χ2v) is 4.25. The molecule has 4 heteroatoms. The summed E-state index contributed by atoms with van der Waals surface area (Å²) in [7, 11) is 0. The lowest BCUT2D eigenvalue weighted by atomic mass is 10.1. The van der Waals surface area contributed by atoms with E-state index in [-0.39, 0.29) is 18.2 Å². The van der Waals surface area contributed by atoms with E-state index in [1.165, 1.54) is 0 Å². The van der Waals surface area contributed by atoms with Gasteiger partial charge in [-0.3, -0.25) is 9.69 Å². The van der Waals surface area contributed by atoms with Gasteiger partial charge in [0.25, 0.3) is 0 Å². The number of carboxylic acids is 1. The highest BCUT2D eigenvalue weighted by Crippen LogP contribution is 2.20. The average molecular weight is 187 g/mol. The van der Waals surface area contributed by atoms with Gasteiger partial charge >= 0.3 is 5.97 Å². The summed E-state index contributed by atoms with van der Waals surface area (Å²) in [6.45, 7) is 7.43. The molecule has 0 aromatic rings. The second-order valence-electron chi connectivity index (χ2n) is 4.25. The van der Waals surface area contributed by atoms with Crippen molar-refractivity contribution < 1.29 is 14.6 Å². The van der Waals surface area contributed by atoms with E-state index in [2.05, 4.69) is 0 Å². The zero-order valence-corrected chi connectivity index (χ0v) is 8.41. The summed E-state index contributed by atoms with van der Waals surface area (Å²) in [4.78, 5) is 12.4. The van der Waals surface area contributed by atoms with Gasteiger partial charge in [0.15, 0.2) is 0 Å².